The van der Waals surface area contributed by atoms with Crippen molar-refractivity contribution in [3.05, 3.63) is 12.2 Å². The second-order valence-corrected chi connectivity index (χ2v) is 4.28. The molecule has 0 bridgehead atoms. The van der Waals surface area contributed by atoms with Crippen LogP contribution in [0.2, 0.25) is 0 Å². The van der Waals surface area contributed by atoms with Crippen molar-refractivity contribution in [2.45, 2.75) is 32.7 Å². The standard InChI is InChI=1S/C12H18O6/c1-8(2)10(13)17-9(3)11(14)18-12(4)7-15-5-6-16-12/h9H,1,5-7H2,2-4H3. The molecular weight excluding hydrogens is 240 g/mol. The number of hydrogen-bond acceptors (Lipinski definition) is 6. The van der Waals surface area contributed by atoms with Gasteiger partial charge in [-0.15, -0.1) is 0 Å². The van der Waals surface area contributed by atoms with E-state index in [0.717, 1.165) is 0 Å². The lowest BCUT2D eigenvalue weighted by Gasteiger charge is -2.33. The summed E-state index contributed by atoms with van der Waals surface area (Å²) in [5, 5.41) is 0. The molecule has 1 aliphatic rings. The predicted molar refractivity (Wildman–Crippen MR) is 61.6 cm³/mol. The summed E-state index contributed by atoms with van der Waals surface area (Å²) in [6.07, 6.45) is -1.02. The zero-order valence-electron chi connectivity index (χ0n) is 10.9. The Morgan fingerprint density at radius 2 is 2.06 bits per heavy atom. The van der Waals surface area contributed by atoms with Crippen LogP contribution in [-0.4, -0.2) is 43.7 Å². The van der Waals surface area contributed by atoms with E-state index in [1.807, 2.05) is 0 Å². The van der Waals surface area contributed by atoms with E-state index in [1.165, 1.54) is 13.8 Å². The van der Waals surface area contributed by atoms with E-state index in [4.69, 9.17) is 18.9 Å². The third-order valence-corrected chi connectivity index (χ3v) is 2.28. The molecule has 0 aromatic rings. The van der Waals surface area contributed by atoms with Gasteiger partial charge in [-0.2, -0.15) is 0 Å². The highest BCUT2D eigenvalue weighted by molar-refractivity contribution is 5.89. The molecular formula is C12H18O6. The van der Waals surface area contributed by atoms with E-state index in [-0.39, 0.29) is 12.2 Å². The Morgan fingerprint density at radius 1 is 1.39 bits per heavy atom. The van der Waals surface area contributed by atoms with Crippen molar-refractivity contribution >= 4 is 11.9 Å². The Balaban J connectivity index is 2.48. The highest BCUT2D eigenvalue weighted by Gasteiger charge is 2.35. The minimum atomic E-state index is -1.13. The highest BCUT2D eigenvalue weighted by Crippen LogP contribution is 2.18. The Hall–Kier alpha value is -1.40. The van der Waals surface area contributed by atoms with Crippen molar-refractivity contribution in [2.24, 2.45) is 0 Å². The number of rotatable bonds is 4. The van der Waals surface area contributed by atoms with Gasteiger partial charge in [0.2, 0.25) is 5.79 Å². The molecule has 1 aliphatic heterocycles. The van der Waals surface area contributed by atoms with Crippen molar-refractivity contribution in [3.8, 4) is 0 Å². The Labute approximate surface area is 106 Å². The first-order valence-electron chi connectivity index (χ1n) is 5.65. The van der Waals surface area contributed by atoms with Gasteiger partial charge in [-0.1, -0.05) is 6.58 Å². The molecule has 6 heteroatoms. The molecule has 102 valence electrons. The Kier molecular flexibility index (Phi) is 4.86. The average molecular weight is 258 g/mol. The Morgan fingerprint density at radius 3 is 2.56 bits per heavy atom. The molecule has 1 heterocycles. The summed E-state index contributed by atoms with van der Waals surface area (Å²) >= 11 is 0. The molecule has 0 radical (unpaired) electrons. The van der Waals surface area contributed by atoms with Gasteiger partial charge in [-0.3, -0.25) is 0 Å². The maximum Gasteiger partial charge on any atom is 0.349 e. The molecule has 0 amide bonds. The zero-order chi connectivity index (χ0) is 13.8. The van der Waals surface area contributed by atoms with Crippen molar-refractivity contribution < 1.29 is 28.5 Å². The zero-order valence-corrected chi connectivity index (χ0v) is 10.9. The van der Waals surface area contributed by atoms with Crippen LogP contribution in [0.15, 0.2) is 12.2 Å². The minimum absolute atomic E-state index is 0.153. The van der Waals surface area contributed by atoms with Crippen LogP contribution in [-0.2, 0) is 28.5 Å². The van der Waals surface area contributed by atoms with Crippen molar-refractivity contribution in [1.82, 2.24) is 0 Å². The summed E-state index contributed by atoms with van der Waals surface area (Å²) in [7, 11) is 0. The van der Waals surface area contributed by atoms with E-state index in [9.17, 15) is 9.59 Å². The summed E-state index contributed by atoms with van der Waals surface area (Å²) in [5.74, 6) is -2.44. The molecule has 2 unspecified atom stereocenters. The summed E-state index contributed by atoms with van der Waals surface area (Å²) in [4.78, 5) is 23.0. The third kappa shape index (κ3) is 4.12. The SMILES string of the molecule is C=C(C)C(=O)OC(C)C(=O)OC1(C)COCCO1. The molecule has 0 spiro atoms. The molecule has 18 heavy (non-hydrogen) atoms. The lowest BCUT2D eigenvalue weighted by molar-refractivity contribution is -0.274. The van der Waals surface area contributed by atoms with Gasteiger partial charge < -0.3 is 18.9 Å². The van der Waals surface area contributed by atoms with Crippen LogP contribution in [0.1, 0.15) is 20.8 Å². The maximum absolute atomic E-state index is 11.7. The van der Waals surface area contributed by atoms with Crippen molar-refractivity contribution in [3.63, 3.8) is 0 Å². The van der Waals surface area contributed by atoms with Crippen LogP contribution in [0.4, 0.5) is 0 Å². The number of carbonyl (C=O) groups is 2. The quantitative estimate of drug-likeness (QED) is 0.548. The maximum atomic E-state index is 11.7. The molecule has 1 fully saturated rings. The van der Waals surface area contributed by atoms with Gasteiger partial charge in [-0.25, -0.2) is 9.59 Å². The fourth-order valence-corrected chi connectivity index (χ4v) is 1.28. The highest BCUT2D eigenvalue weighted by atomic mass is 16.8. The number of carbonyl (C=O) groups excluding carboxylic acids is 2. The fourth-order valence-electron chi connectivity index (χ4n) is 1.28. The van der Waals surface area contributed by atoms with E-state index >= 15 is 0 Å². The van der Waals surface area contributed by atoms with E-state index in [1.54, 1.807) is 6.92 Å². The number of ether oxygens (including phenoxy) is 4. The van der Waals surface area contributed by atoms with E-state index in [0.29, 0.717) is 13.2 Å². The van der Waals surface area contributed by atoms with Crippen LogP contribution in [0.25, 0.3) is 0 Å². The summed E-state index contributed by atoms with van der Waals surface area (Å²) in [6.45, 7) is 8.92. The molecule has 0 saturated carbocycles. The fraction of sp³-hybridized carbons (Fsp3) is 0.667. The van der Waals surface area contributed by atoms with Crippen LogP contribution in [0.3, 0.4) is 0 Å². The van der Waals surface area contributed by atoms with Gasteiger partial charge in [0.05, 0.1) is 13.2 Å². The lowest BCUT2D eigenvalue weighted by atomic mass is 10.3. The van der Waals surface area contributed by atoms with E-state index < -0.39 is 23.8 Å². The predicted octanol–water partition coefficient (Wildman–Crippen LogP) is 0.800. The smallest absolute Gasteiger partial charge is 0.349 e. The van der Waals surface area contributed by atoms with Crippen LogP contribution < -0.4 is 0 Å². The topological polar surface area (TPSA) is 71.1 Å². The molecule has 0 aromatic carbocycles. The molecule has 0 aliphatic carbocycles. The van der Waals surface area contributed by atoms with Crippen LogP contribution in [0.5, 0.6) is 0 Å². The summed E-state index contributed by atoms with van der Waals surface area (Å²) in [5.41, 5.74) is 0.220. The van der Waals surface area contributed by atoms with E-state index in [2.05, 4.69) is 6.58 Å². The molecule has 1 rings (SSSR count). The lowest BCUT2D eigenvalue weighted by Crippen LogP contribution is -2.46. The number of esters is 2. The largest absolute Gasteiger partial charge is 0.447 e. The molecule has 0 aromatic heterocycles. The first-order chi connectivity index (χ1) is 8.34. The summed E-state index contributed by atoms with van der Waals surface area (Å²) < 4.78 is 20.5. The average Bonchev–Trinajstić information content (AvgIpc) is 2.28. The van der Waals surface area contributed by atoms with Crippen molar-refractivity contribution in [1.29, 1.82) is 0 Å². The van der Waals surface area contributed by atoms with Crippen LogP contribution in [0, 0.1) is 0 Å². The normalized spacial score (nSPS) is 25.1. The molecule has 0 N–H and O–H groups in total. The molecule has 1 saturated heterocycles. The summed E-state index contributed by atoms with van der Waals surface area (Å²) in [6, 6.07) is 0. The second kappa shape index (κ2) is 5.97. The van der Waals surface area contributed by atoms with Gasteiger partial charge >= 0.3 is 11.9 Å². The third-order valence-electron chi connectivity index (χ3n) is 2.28. The van der Waals surface area contributed by atoms with Gasteiger partial charge in [0, 0.05) is 12.5 Å². The monoisotopic (exact) mass is 258 g/mol. The van der Waals surface area contributed by atoms with Crippen molar-refractivity contribution in [2.75, 3.05) is 19.8 Å². The first kappa shape index (κ1) is 14.7. The number of hydrogen-bond donors (Lipinski definition) is 0. The van der Waals surface area contributed by atoms with Gasteiger partial charge in [0.1, 0.15) is 6.61 Å². The van der Waals surface area contributed by atoms with Crippen LogP contribution >= 0.6 is 0 Å². The first-order valence-corrected chi connectivity index (χ1v) is 5.65. The van der Waals surface area contributed by atoms with Gasteiger partial charge in [-0.05, 0) is 13.8 Å². The minimum Gasteiger partial charge on any atom is -0.447 e. The van der Waals surface area contributed by atoms with Gasteiger partial charge in [0.25, 0.3) is 0 Å². The molecule has 2 atom stereocenters. The Bertz CT molecular complexity index is 342. The molecule has 6 nitrogen and oxygen atoms in total. The van der Waals surface area contributed by atoms with Gasteiger partial charge in [0.15, 0.2) is 6.10 Å². The second-order valence-electron chi connectivity index (χ2n) is 4.28.